The maximum Gasteiger partial charge on any atom is 0.232 e. The standard InChI is InChI=1S/C22H34N2O2/c1-16-21(2,3)18-6-10-22(16,15-18)20(26)24-13-8-17(9-14-24)7-12-23-11-4-5-19(23)25/h17-18H,1,4-15H2,2-3H3/t18-,22+/m0/s1. The Morgan fingerprint density at radius 2 is 1.92 bits per heavy atom. The van der Waals surface area contributed by atoms with E-state index in [1.54, 1.807) is 0 Å². The topological polar surface area (TPSA) is 40.6 Å². The molecule has 4 aliphatic rings. The van der Waals surface area contributed by atoms with E-state index in [1.165, 1.54) is 12.0 Å². The van der Waals surface area contributed by atoms with Crippen LogP contribution in [0.1, 0.15) is 65.2 Å². The average molecular weight is 359 g/mol. The minimum Gasteiger partial charge on any atom is -0.343 e. The number of rotatable bonds is 4. The van der Waals surface area contributed by atoms with Crippen LogP contribution in [0.5, 0.6) is 0 Å². The van der Waals surface area contributed by atoms with Crippen LogP contribution in [0.4, 0.5) is 0 Å². The van der Waals surface area contributed by atoms with Crippen molar-refractivity contribution in [3.05, 3.63) is 12.2 Å². The van der Waals surface area contributed by atoms with Crippen LogP contribution < -0.4 is 0 Å². The molecule has 0 aromatic rings. The summed E-state index contributed by atoms with van der Waals surface area (Å²) in [5.74, 6) is 1.98. The third-order valence-electron chi connectivity index (χ3n) is 8.18. The summed E-state index contributed by atoms with van der Waals surface area (Å²) in [6.07, 6.45) is 8.24. The molecule has 4 fully saturated rings. The molecule has 2 aliphatic heterocycles. The lowest BCUT2D eigenvalue weighted by Crippen LogP contribution is -2.47. The van der Waals surface area contributed by atoms with Gasteiger partial charge in [0.25, 0.3) is 0 Å². The molecule has 0 spiro atoms. The number of likely N-dealkylation sites (tertiary alicyclic amines) is 2. The fraction of sp³-hybridized carbons (Fsp3) is 0.818. The molecule has 2 atom stereocenters. The van der Waals surface area contributed by atoms with Crippen molar-refractivity contribution in [3.8, 4) is 0 Å². The van der Waals surface area contributed by atoms with E-state index < -0.39 is 0 Å². The summed E-state index contributed by atoms with van der Waals surface area (Å²) in [6.45, 7) is 12.6. The van der Waals surface area contributed by atoms with Crippen molar-refractivity contribution in [3.63, 3.8) is 0 Å². The third-order valence-corrected chi connectivity index (χ3v) is 8.18. The highest BCUT2D eigenvalue weighted by Gasteiger charge is 2.61. The van der Waals surface area contributed by atoms with Crippen molar-refractivity contribution in [1.82, 2.24) is 9.80 Å². The number of fused-ring (bicyclic) bond motifs is 2. The third kappa shape index (κ3) is 2.71. The second kappa shape index (κ2) is 6.38. The molecule has 2 aliphatic carbocycles. The van der Waals surface area contributed by atoms with E-state index in [1.807, 2.05) is 4.90 Å². The quantitative estimate of drug-likeness (QED) is 0.720. The van der Waals surface area contributed by atoms with Gasteiger partial charge in [0.2, 0.25) is 11.8 Å². The van der Waals surface area contributed by atoms with Gasteiger partial charge in [-0.3, -0.25) is 9.59 Å². The summed E-state index contributed by atoms with van der Waals surface area (Å²) in [5, 5.41) is 0. The first-order valence-electron chi connectivity index (χ1n) is 10.6. The molecule has 4 nitrogen and oxygen atoms in total. The lowest BCUT2D eigenvalue weighted by Gasteiger charge is -2.41. The van der Waals surface area contributed by atoms with Crippen LogP contribution in [0, 0.1) is 22.7 Å². The van der Waals surface area contributed by atoms with E-state index in [2.05, 4.69) is 25.3 Å². The molecular formula is C22H34N2O2. The van der Waals surface area contributed by atoms with E-state index in [-0.39, 0.29) is 10.8 Å². The van der Waals surface area contributed by atoms with Gasteiger partial charge < -0.3 is 9.80 Å². The van der Waals surface area contributed by atoms with E-state index in [0.717, 1.165) is 71.1 Å². The lowest BCUT2D eigenvalue weighted by atomic mass is 9.68. The van der Waals surface area contributed by atoms with Crippen LogP contribution >= 0.6 is 0 Å². The average Bonchev–Trinajstić information content (AvgIpc) is 3.30. The number of hydrogen-bond acceptors (Lipinski definition) is 2. The van der Waals surface area contributed by atoms with Gasteiger partial charge in [0.15, 0.2) is 0 Å². The molecule has 2 heterocycles. The molecule has 0 aromatic heterocycles. The van der Waals surface area contributed by atoms with Crippen LogP contribution in [0.25, 0.3) is 0 Å². The summed E-state index contributed by atoms with van der Waals surface area (Å²) in [6, 6.07) is 0. The van der Waals surface area contributed by atoms with Crippen molar-refractivity contribution < 1.29 is 9.59 Å². The number of piperidine rings is 1. The van der Waals surface area contributed by atoms with Crippen molar-refractivity contribution in [2.45, 2.75) is 65.2 Å². The highest BCUT2D eigenvalue weighted by Crippen LogP contribution is 2.66. The van der Waals surface area contributed by atoms with Gasteiger partial charge >= 0.3 is 0 Å². The van der Waals surface area contributed by atoms with Gasteiger partial charge in [0, 0.05) is 32.6 Å². The van der Waals surface area contributed by atoms with Crippen LogP contribution in [0.2, 0.25) is 0 Å². The zero-order valence-electron chi connectivity index (χ0n) is 16.6. The normalized spacial score (nSPS) is 34.2. The summed E-state index contributed by atoms with van der Waals surface area (Å²) in [7, 11) is 0. The maximum atomic E-state index is 13.4. The first-order chi connectivity index (χ1) is 12.3. The Morgan fingerprint density at radius 1 is 1.19 bits per heavy atom. The van der Waals surface area contributed by atoms with Gasteiger partial charge in [-0.05, 0) is 62.2 Å². The molecule has 2 amide bonds. The molecule has 2 bridgehead atoms. The maximum absolute atomic E-state index is 13.4. The molecule has 4 rings (SSSR count). The summed E-state index contributed by atoms with van der Waals surface area (Å²) < 4.78 is 0. The van der Waals surface area contributed by atoms with E-state index in [4.69, 9.17) is 0 Å². The Kier molecular flexibility index (Phi) is 4.44. The Hall–Kier alpha value is -1.32. The zero-order chi connectivity index (χ0) is 18.5. The van der Waals surface area contributed by atoms with Gasteiger partial charge in [0.05, 0.1) is 5.41 Å². The predicted molar refractivity (Wildman–Crippen MR) is 102 cm³/mol. The molecule has 2 saturated carbocycles. The van der Waals surface area contributed by atoms with Crippen LogP contribution in [0.15, 0.2) is 12.2 Å². The Balaban J connectivity index is 1.31. The molecule has 0 radical (unpaired) electrons. The van der Waals surface area contributed by atoms with E-state index in [9.17, 15) is 9.59 Å². The monoisotopic (exact) mass is 358 g/mol. The summed E-state index contributed by atoms with van der Waals surface area (Å²) >= 11 is 0. The summed E-state index contributed by atoms with van der Waals surface area (Å²) in [5.41, 5.74) is 1.05. The number of carbonyl (C=O) groups is 2. The van der Waals surface area contributed by atoms with Gasteiger partial charge in [-0.15, -0.1) is 0 Å². The minimum atomic E-state index is -0.261. The molecule has 2 saturated heterocycles. The Morgan fingerprint density at radius 3 is 2.50 bits per heavy atom. The van der Waals surface area contributed by atoms with Gasteiger partial charge in [-0.2, -0.15) is 0 Å². The number of nitrogens with zero attached hydrogens (tertiary/aromatic N) is 2. The van der Waals surface area contributed by atoms with Crippen molar-refractivity contribution >= 4 is 11.8 Å². The van der Waals surface area contributed by atoms with Crippen molar-refractivity contribution in [1.29, 1.82) is 0 Å². The minimum absolute atomic E-state index is 0.120. The van der Waals surface area contributed by atoms with Crippen LogP contribution in [-0.2, 0) is 9.59 Å². The molecular weight excluding hydrogens is 324 g/mol. The lowest BCUT2D eigenvalue weighted by molar-refractivity contribution is -0.141. The highest BCUT2D eigenvalue weighted by atomic mass is 16.2. The van der Waals surface area contributed by atoms with E-state index >= 15 is 0 Å². The van der Waals surface area contributed by atoms with Crippen molar-refractivity contribution in [2.24, 2.45) is 22.7 Å². The molecule has 26 heavy (non-hydrogen) atoms. The van der Waals surface area contributed by atoms with Gasteiger partial charge in [-0.25, -0.2) is 0 Å². The molecule has 0 unspecified atom stereocenters. The fourth-order valence-electron chi connectivity index (χ4n) is 6.13. The summed E-state index contributed by atoms with van der Waals surface area (Å²) in [4.78, 5) is 29.3. The molecule has 0 N–H and O–H groups in total. The fourth-order valence-corrected chi connectivity index (χ4v) is 6.13. The largest absolute Gasteiger partial charge is 0.343 e. The smallest absolute Gasteiger partial charge is 0.232 e. The van der Waals surface area contributed by atoms with Gasteiger partial charge in [0.1, 0.15) is 0 Å². The first-order valence-corrected chi connectivity index (χ1v) is 10.6. The van der Waals surface area contributed by atoms with Crippen molar-refractivity contribution in [2.75, 3.05) is 26.2 Å². The Labute approximate surface area is 158 Å². The number of carbonyl (C=O) groups excluding carboxylic acids is 2. The second-order valence-corrected chi connectivity index (χ2v) is 9.73. The van der Waals surface area contributed by atoms with E-state index in [0.29, 0.717) is 23.7 Å². The molecule has 0 aromatic carbocycles. The van der Waals surface area contributed by atoms with Gasteiger partial charge in [-0.1, -0.05) is 26.0 Å². The Bertz CT molecular complexity index is 618. The van der Waals surface area contributed by atoms with Crippen LogP contribution in [0.3, 0.4) is 0 Å². The highest BCUT2D eigenvalue weighted by molar-refractivity contribution is 5.87. The number of hydrogen-bond donors (Lipinski definition) is 0. The molecule has 4 heteroatoms. The van der Waals surface area contributed by atoms with Crippen LogP contribution in [-0.4, -0.2) is 47.8 Å². The first kappa shape index (κ1) is 18.1. The molecule has 144 valence electrons. The predicted octanol–water partition coefficient (Wildman–Crippen LogP) is 3.62. The zero-order valence-corrected chi connectivity index (χ0v) is 16.6. The second-order valence-electron chi connectivity index (χ2n) is 9.73. The SMILES string of the molecule is C=C1C(C)(C)[C@H]2CC[C@@]1(C(=O)N1CCC(CCN3CCCC3=O)CC1)C2. The number of amides is 2.